The van der Waals surface area contributed by atoms with Gasteiger partial charge < -0.3 is 34.8 Å². The highest BCUT2D eigenvalue weighted by atomic mass is 16.7. The lowest BCUT2D eigenvalue weighted by atomic mass is 9.84. The van der Waals surface area contributed by atoms with Gasteiger partial charge in [0.2, 0.25) is 5.91 Å². The van der Waals surface area contributed by atoms with Gasteiger partial charge in [0, 0.05) is 6.54 Å². The van der Waals surface area contributed by atoms with Crippen molar-refractivity contribution >= 4 is 24.5 Å². The van der Waals surface area contributed by atoms with Gasteiger partial charge in [0.25, 0.3) is 0 Å². The molecule has 172 valence electrons. The van der Waals surface area contributed by atoms with E-state index in [1.807, 2.05) is 6.92 Å². The van der Waals surface area contributed by atoms with E-state index in [2.05, 4.69) is 5.32 Å². The van der Waals surface area contributed by atoms with Gasteiger partial charge in [0.1, 0.15) is 6.29 Å². The highest BCUT2D eigenvalue weighted by Crippen LogP contribution is 2.29. The van der Waals surface area contributed by atoms with Crippen molar-refractivity contribution in [3.8, 4) is 11.5 Å². The van der Waals surface area contributed by atoms with Crippen molar-refractivity contribution in [2.75, 3.05) is 19.8 Å². The number of carbonyl (C=O) groups excluding carboxylic acids is 4. The third-order valence-electron chi connectivity index (χ3n) is 4.63. The molecule has 10 heteroatoms. The predicted octanol–water partition coefficient (Wildman–Crippen LogP) is 2.36. The molecule has 0 radical (unpaired) electrons. The Balaban J connectivity index is 2.90. The maximum Gasteiger partial charge on any atom is 0.513 e. The quantitative estimate of drug-likeness (QED) is 0.230. The van der Waals surface area contributed by atoms with Crippen LogP contribution in [0.3, 0.4) is 0 Å². The third kappa shape index (κ3) is 7.56. The Morgan fingerprint density at radius 1 is 1.06 bits per heavy atom. The SMILES string of the molecule is CCOC(=O)Oc1ccc(CCNC(=O)[C@](N)(C=O)[C@@H](C)CC)cc1OC(=O)OCC. The van der Waals surface area contributed by atoms with Gasteiger partial charge in [-0.05, 0) is 43.9 Å². The smallest absolute Gasteiger partial charge is 0.434 e. The number of amides is 1. The molecule has 0 aliphatic carbocycles. The fourth-order valence-electron chi connectivity index (χ4n) is 2.55. The average Bonchev–Trinajstić information content (AvgIpc) is 2.74. The van der Waals surface area contributed by atoms with E-state index in [1.165, 1.54) is 12.1 Å². The Kier molecular flexibility index (Phi) is 10.5. The summed E-state index contributed by atoms with van der Waals surface area (Å²) in [5, 5.41) is 2.65. The van der Waals surface area contributed by atoms with Crippen molar-refractivity contribution in [3.63, 3.8) is 0 Å². The molecule has 0 aromatic heterocycles. The molecule has 0 aliphatic rings. The molecule has 0 heterocycles. The van der Waals surface area contributed by atoms with Crippen molar-refractivity contribution in [2.24, 2.45) is 11.7 Å². The van der Waals surface area contributed by atoms with Crippen molar-refractivity contribution in [1.82, 2.24) is 5.32 Å². The summed E-state index contributed by atoms with van der Waals surface area (Å²) < 4.78 is 19.6. The van der Waals surface area contributed by atoms with E-state index < -0.39 is 23.8 Å². The summed E-state index contributed by atoms with van der Waals surface area (Å²) in [6.45, 7) is 7.21. The summed E-state index contributed by atoms with van der Waals surface area (Å²) in [5.41, 5.74) is 5.01. The molecule has 0 saturated heterocycles. The molecule has 2 atom stereocenters. The third-order valence-corrected chi connectivity index (χ3v) is 4.63. The Morgan fingerprint density at radius 2 is 1.65 bits per heavy atom. The monoisotopic (exact) mass is 438 g/mol. The summed E-state index contributed by atoms with van der Waals surface area (Å²) in [5.74, 6) is -0.968. The van der Waals surface area contributed by atoms with Crippen LogP contribution in [0.5, 0.6) is 11.5 Å². The molecule has 0 unspecified atom stereocenters. The zero-order valence-electron chi connectivity index (χ0n) is 18.3. The van der Waals surface area contributed by atoms with E-state index >= 15 is 0 Å². The van der Waals surface area contributed by atoms with Gasteiger partial charge in [0.15, 0.2) is 17.0 Å². The zero-order valence-corrected chi connectivity index (χ0v) is 18.3. The molecule has 31 heavy (non-hydrogen) atoms. The first-order chi connectivity index (χ1) is 14.7. The van der Waals surface area contributed by atoms with Gasteiger partial charge in [-0.1, -0.05) is 26.3 Å². The average molecular weight is 438 g/mol. The van der Waals surface area contributed by atoms with Crippen molar-refractivity contribution in [3.05, 3.63) is 23.8 Å². The van der Waals surface area contributed by atoms with Crippen molar-refractivity contribution < 1.29 is 38.1 Å². The lowest BCUT2D eigenvalue weighted by molar-refractivity contribution is -0.133. The number of nitrogens with one attached hydrogen (secondary N) is 1. The van der Waals surface area contributed by atoms with E-state index in [9.17, 15) is 19.2 Å². The minimum Gasteiger partial charge on any atom is -0.434 e. The first-order valence-electron chi connectivity index (χ1n) is 10.1. The zero-order chi connectivity index (χ0) is 23.4. The van der Waals surface area contributed by atoms with E-state index in [-0.39, 0.29) is 37.2 Å². The van der Waals surface area contributed by atoms with Gasteiger partial charge in [-0.15, -0.1) is 0 Å². The molecule has 1 aromatic rings. The molecule has 0 fully saturated rings. The highest BCUT2D eigenvalue weighted by Gasteiger charge is 2.38. The van der Waals surface area contributed by atoms with E-state index in [0.717, 1.165) is 0 Å². The fraction of sp³-hybridized carbons (Fsp3) is 0.524. The molecule has 0 aliphatic heterocycles. The normalized spacial score (nSPS) is 13.3. The maximum absolute atomic E-state index is 12.4. The minimum atomic E-state index is -1.61. The maximum atomic E-state index is 12.4. The Labute approximate surface area is 181 Å². The number of ether oxygens (including phenoxy) is 4. The molecule has 3 N–H and O–H groups in total. The van der Waals surface area contributed by atoms with Crippen LogP contribution < -0.4 is 20.5 Å². The first kappa shape index (κ1) is 25.9. The van der Waals surface area contributed by atoms with Crippen LogP contribution in [-0.2, 0) is 25.5 Å². The molecule has 1 amide bonds. The molecule has 10 nitrogen and oxygen atoms in total. The number of hydrogen-bond acceptors (Lipinski definition) is 9. The van der Waals surface area contributed by atoms with Gasteiger partial charge >= 0.3 is 12.3 Å². The largest absolute Gasteiger partial charge is 0.513 e. The van der Waals surface area contributed by atoms with Gasteiger partial charge in [-0.2, -0.15) is 0 Å². The summed E-state index contributed by atoms with van der Waals surface area (Å²) in [7, 11) is 0. The van der Waals surface area contributed by atoms with E-state index in [4.69, 9.17) is 24.7 Å². The van der Waals surface area contributed by atoms with Gasteiger partial charge in [0.05, 0.1) is 13.2 Å². The number of hydrogen-bond donors (Lipinski definition) is 2. The summed E-state index contributed by atoms with van der Waals surface area (Å²) in [4.78, 5) is 47.1. The number of rotatable bonds is 11. The van der Waals surface area contributed by atoms with Crippen molar-refractivity contribution in [1.29, 1.82) is 0 Å². The number of benzene rings is 1. The van der Waals surface area contributed by atoms with Crippen LogP contribution in [0.25, 0.3) is 0 Å². The van der Waals surface area contributed by atoms with Crippen LogP contribution in [0.4, 0.5) is 9.59 Å². The van der Waals surface area contributed by atoms with Crippen LogP contribution in [0.15, 0.2) is 18.2 Å². The van der Waals surface area contributed by atoms with Crippen LogP contribution in [0.2, 0.25) is 0 Å². The van der Waals surface area contributed by atoms with Crippen LogP contribution >= 0.6 is 0 Å². The van der Waals surface area contributed by atoms with Gasteiger partial charge in [-0.25, -0.2) is 9.59 Å². The predicted molar refractivity (Wildman–Crippen MR) is 111 cm³/mol. The molecular formula is C21H30N2O8. The lowest BCUT2D eigenvalue weighted by Crippen LogP contribution is -2.59. The lowest BCUT2D eigenvalue weighted by Gasteiger charge is -2.27. The summed E-state index contributed by atoms with van der Waals surface area (Å²) >= 11 is 0. The van der Waals surface area contributed by atoms with Crippen LogP contribution in [0.1, 0.15) is 39.7 Å². The number of nitrogens with two attached hydrogens (primary N) is 1. The first-order valence-corrected chi connectivity index (χ1v) is 10.1. The van der Waals surface area contributed by atoms with Crippen LogP contribution in [-0.4, -0.2) is 49.8 Å². The van der Waals surface area contributed by atoms with Gasteiger partial charge in [-0.3, -0.25) is 4.79 Å². The second kappa shape index (κ2) is 12.5. The summed E-state index contributed by atoms with van der Waals surface area (Å²) in [6, 6.07) is 4.53. The molecule has 0 spiro atoms. The number of aldehydes is 1. The molecule has 1 aromatic carbocycles. The molecular weight excluding hydrogens is 408 g/mol. The molecule has 0 bridgehead atoms. The second-order valence-corrected chi connectivity index (χ2v) is 6.72. The Hall–Kier alpha value is -3.14. The van der Waals surface area contributed by atoms with Crippen LogP contribution in [0, 0.1) is 5.92 Å². The fourth-order valence-corrected chi connectivity index (χ4v) is 2.55. The Morgan fingerprint density at radius 3 is 2.16 bits per heavy atom. The standard InChI is InChI=1S/C21H30N2O8/c1-5-14(4)21(22,13-24)18(25)23-11-10-15-8-9-16(30-19(26)28-6-2)17(12-15)31-20(27)29-7-3/h8-9,12-14H,5-7,10-11,22H2,1-4H3,(H,23,25)/t14-,21-/m0/s1. The summed E-state index contributed by atoms with van der Waals surface area (Å²) in [6.07, 6.45) is -0.550. The molecule has 0 saturated carbocycles. The highest BCUT2D eigenvalue weighted by molar-refractivity contribution is 6.01. The molecule has 1 rings (SSSR count). The minimum absolute atomic E-state index is 0.0296. The van der Waals surface area contributed by atoms with Crippen molar-refractivity contribution in [2.45, 2.75) is 46.1 Å². The van der Waals surface area contributed by atoms with E-state index in [1.54, 1.807) is 26.8 Å². The van der Waals surface area contributed by atoms with E-state index in [0.29, 0.717) is 24.7 Å². The number of carbonyl (C=O) groups is 4. The Bertz CT molecular complexity index is 783. The topological polar surface area (TPSA) is 143 Å². The second-order valence-electron chi connectivity index (χ2n) is 6.72.